The summed E-state index contributed by atoms with van der Waals surface area (Å²) in [4.78, 5) is 4.13. The summed E-state index contributed by atoms with van der Waals surface area (Å²) in [5.41, 5.74) is 8.71. The van der Waals surface area contributed by atoms with Crippen molar-refractivity contribution in [2.24, 2.45) is 5.14 Å². The molecule has 7 nitrogen and oxygen atoms in total. The second-order valence-corrected chi connectivity index (χ2v) is 7.67. The number of nitrogen functional groups attached to an aromatic ring is 1. The van der Waals surface area contributed by atoms with Crippen molar-refractivity contribution in [2.45, 2.75) is 31.3 Å². The van der Waals surface area contributed by atoms with Gasteiger partial charge in [0.2, 0.25) is 5.88 Å². The molecule has 3 aromatic rings. The highest BCUT2D eigenvalue weighted by atomic mass is 32.2. The lowest BCUT2D eigenvalue weighted by Crippen LogP contribution is -2.11. The number of hydrogen-bond acceptors (Lipinski definition) is 5. The molecule has 0 radical (unpaired) electrons. The van der Waals surface area contributed by atoms with E-state index in [4.69, 9.17) is 15.6 Å². The molecular formula is C19H21F2N5O2S. The number of anilines is 1. The number of hydrogen-bond donors (Lipinski definition) is 2. The Bertz CT molecular complexity index is 1060. The fourth-order valence-electron chi connectivity index (χ4n) is 2.89. The van der Waals surface area contributed by atoms with E-state index < -0.39 is 16.8 Å². The van der Waals surface area contributed by atoms with E-state index in [1.807, 2.05) is 13.8 Å². The van der Waals surface area contributed by atoms with Crippen molar-refractivity contribution in [3.63, 3.8) is 0 Å². The van der Waals surface area contributed by atoms with Crippen molar-refractivity contribution in [2.75, 3.05) is 12.3 Å². The van der Waals surface area contributed by atoms with E-state index in [0.717, 1.165) is 11.8 Å². The SMILES string of the molecule is CC(C)c1cc(F)cc(-c2ccnc(OCCn3cc(F)c(S(N)=O)n3)c2)c1N. The van der Waals surface area contributed by atoms with Crippen molar-refractivity contribution in [3.8, 4) is 17.0 Å². The van der Waals surface area contributed by atoms with Crippen LogP contribution in [0.3, 0.4) is 0 Å². The molecule has 1 unspecified atom stereocenters. The van der Waals surface area contributed by atoms with E-state index in [9.17, 15) is 13.0 Å². The van der Waals surface area contributed by atoms with Gasteiger partial charge in [0.25, 0.3) is 0 Å². The van der Waals surface area contributed by atoms with E-state index in [2.05, 4.69) is 10.1 Å². The second kappa shape index (κ2) is 8.66. The molecule has 1 aromatic carbocycles. The number of nitrogens with zero attached hydrogens (tertiary/aromatic N) is 3. The normalized spacial score (nSPS) is 12.3. The molecule has 154 valence electrons. The van der Waals surface area contributed by atoms with Gasteiger partial charge >= 0.3 is 0 Å². The molecule has 0 saturated carbocycles. The fraction of sp³-hybridized carbons (Fsp3) is 0.263. The molecule has 2 heterocycles. The Morgan fingerprint density at radius 1 is 1.28 bits per heavy atom. The van der Waals surface area contributed by atoms with Crippen molar-refractivity contribution in [3.05, 3.63) is 53.9 Å². The molecule has 29 heavy (non-hydrogen) atoms. The highest BCUT2D eigenvalue weighted by Crippen LogP contribution is 2.34. The van der Waals surface area contributed by atoms with Gasteiger partial charge in [-0.05, 0) is 35.2 Å². The molecule has 0 bridgehead atoms. The first-order valence-electron chi connectivity index (χ1n) is 8.83. The predicted octanol–water partition coefficient (Wildman–Crippen LogP) is 2.99. The number of aromatic nitrogens is 3. The van der Waals surface area contributed by atoms with Gasteiger partial charge in [-0.25, -0.2) is 23.1 Å². The van der Waals surface area contributed by atoms with E-state index in [0.29, 0.717) is 22.7 Å². The van der Waals surface area contributed by atoms with Gasteiger partial charge in [0.1, 0.15) is 23.4 Å². The fourth-order valence-corrected chi connectivity index (χ4v) is 3.32. The van der Waals surface area contributed by atoms with Crippen molar-refractivity contribution in [1.82, 2.24) is 14.8 Å². The van der Waals surface area contributed by atoms with Gasteiger partial charge < -0.3 is 10.5 Å². The van der Waals surface area contributed by atoms with Crippen LogP contribution in [0.4, 0.5) is 14.5 Å². The zero-order valence-electron chi connectivity index (χ0n) is 15.9. The third kappa shape index (κ3) is 4.77. The van der Waals surface area contributed by atoms with Gasteiger partial charge in [0.15, 0.2) is 10.8 Å². The predicted molar refractivity (Wildman–Crippen MR) is 106 cm³/mol. The zero-order valence-corrected chi connectivity index (χ0v) is 16.7. The standard InChI is InChI=1S/C19H21F2N5O2S/c1-11(2)14-8-13(20)9-15(18(14)22)12-3-4-24-17(7-12)28-6-5-26-10-16(21)19(25-26)29(23)27/h3-4,7-11H,5-6,22-23H2,1-2H3. The van der Waals surface area contributed by atoms with Crippen LogP contribution in [0.15, 0.2) is 41.7 Å². The lowest BCUT2D eigenvalue weighted by molar-refractivity contribution is 0.280. The summed E-state index contributed by atoms with van der Waals surface area (Å²) in [6.45, 7) is 4.21. The van der Waals surface area contributed by atoms with E-state index in [1.54, 1.807) is 12.1 Å². The summed E-state index contributed by atoms with van der Waals surface area (Å²) in [5, 5.41) is 8.65. The van der Waals surface area contributed by atoms with Gasteiger partial charge in [0.05, 0.1) is 12.7 Å². The maximum atomic E-state index is 14.1. The van der Waals surface area contributed by atoms with Gasteiger partial charge in [-0.15, -0.1) is 0 Å². The van der Waals surface area contributed by atoms with Crippen molar-refractivity contribution < 1.29 is 17.7 Å². The third-order valence-electron chi connectivity index (χ3n) is 4.29. The van der Waals surface area contributed by atoms with Crippen LogP contribution in [0, 0.1) is 11.6 Å². The molecule has 0 amide bonds. The average molecular weight is 421 g/mol. The minimum absolute atomic E-state index is 0.0733. The molecule has 4 N–H and O–H groups in total. The molecule has 2 aromatic heterocycles. The van der Waals surface area contributed by atoms with Crippen molar-refractivity contribution >= 4 is 16.7 Å². The minimum atomic E-state index is -2.00. The zero-order chi connectivity index (χ0) is 21.1. The highest BCUT2D eigenvalue weighted by Gasteiger charge is 2.14. The number of nitrogens with two attached hydrogens (primary N) is 2. The number of halogens is 2. The molecule has 0 aliphatic rings. The number of benzene rings is 1. The maximum absolute atomic E-state index is 14.1. The topological polar surface area (TPSA) is 109 Å². The summed E-state index contributed by atoms with van der Waals surface area (Å²) in [6.07, 6.45) is 2.63. The Morgan fingerprint density at radius 3 is 2.69 bits per heavy atom. The van der Waals surface area contributed by atoms with Crippen LogP contribution in [-0.2, 0) is 17.5 Å². The Kier molecular flexibility index (Phi) is 6.23. The second-order valence-electron chi connectivity index (χ2n) is 6.68. The van der Waals surface area contributed by atoms with Crippen LogP contribution in [0.25, 0.3) is 11.1 Å². The summed E-state index contributed by atoms with van der Waals surface area (Å²) < 4.78 is 45.6. The molecule has 10 heteroatoms. The number of pyridine rings is 1. The van der Waals surface area contributed by atoms with Gasteiger partial charge in [-0.3, -0.25) is 4.68 Å². The molecule has 0 aliphatic carbocycles. The van der Waals surface area contributed by atoms with Crippen LogP contribution >= 0.6 is 0 Å². The van der Waals surface area contributed by atoms with Gasteiger partial charge in [0, 0.05) is 23.5 Å². The van der Waals surface area contributed by atoms with Crippen LogP contribution in [0.1, 0.15) is 25.3 Å². The summed E-state index contributed by atoms with van der Waals surface area (Å²) in [6, 6.07) is 6.18. The molecule has 0 fully saturated rings. The Balaban J connectivity index is 1.75. The van der Waals surface area contributed by atoms with E-state index >= 15 is 0 Å². The Morgan fingerprint density at radius 2 is 2.03 bits per heavy atom. The largest absolute Gasteiger partial charge is 0.476 e. The number of rotatable bonds is 7. The monoisotopic (exact) mass is 421 g/mol. The minimum Gasteiger partial charge on any atom is -0.476 e. The summed E-state index contributed by atoms with van der Waals surface area (Å²) in [7, 11) is -2.00. The lowest BCUT2D eigenvalue weighted by atomic mass is 9.95. The van der Waals surface area contributed by atoms with E-state index in [-0.39, 0.29) is 29.9 Å². The molecule has 0 aliphatic heterocycles. The molecule has 0 saturated heterocycles. The van der Waals surface area contributed by atoms with Gasteiger partial charge in [-0.1, -0.05) is 13.8 Å². The average Bonchev–Trinajstić information content (AvgIpc) is 3.04. The van der Waals surface area contributed by atoms with Crippen LogP contribution < -0.4 is 15.6 Å². The number of ether oxygens (including phenoxy) is 1. The molecule has 3 rings (SSSR count). The van der Waals surface area contributed by atoms with E-state index in [1.165, 1.54) is 23.0 Å². The summed E-state index contributed by atoms with van der Waals surface area (Å²) in [5.74, 6) is -0.740. The Hall–Kier alpha value is -2.85. The molecule has 0 spiro atoms. The highest BCUT2D eigenvalue weighted by molar-refractivity contribution is 7.82. The maximum Gasteiger partial charge on any atom is 0.213 e. The first-order chi connectivity index (χ1) is 13.8. The molecular weight excluding hydrogens is 400 g/mol. The first-order valence-corrected chi connectivity index (χ1v) is 10.0. The quantitative estimate of drug-likeness (QED) is 0.570. The van der Waals surface area contributed by atoms with Crippen LogP contribution in [-0.4, -0.2) is 25.6 Å². The third-order valence-corrected chi connectivity index (χ3v) is 4.95. The molecule has 1 atom stereocenters. The van der Waals surface area contributed by atoms with Crippen LogP contribution in [0.5, 0.6) is 5.88 Å². The van der Waals surface area contributed by atoms with Crippen LogP contribution in [0.2, 0.25) is 0 Å². The van der Waals surface area contributed by atoms with Crippen molar-refractivity contribution in [1.29, 1.82) is 0 Å². The smallest absolute Gasteiger partial charge is 0.213 e. The first kappa shape index (κ1) is 20.9. The van der Waals surface area contributed by atoms with Gasteiger partial charge in [-0.2, -0.15) is 5.10 Å². The summed E-state index contributed by atoms with van der Waals surface area (Å²) >= 11 is 0. The Labute approximate surface area is 169 Å². The lowest BCUT2D eigenvalue weighted by Gasteiger charge is -2.15.